The highest BCUT2D eigenvalue weighted by Gasteiger charge is 2.19. The molecule has 5 nitrogen and oxygen atoms in total. The number of halogens is 1. The predicted octanol–water partition coefficient (Wildman–Crippen LogP) is 5.99. The summed E-state index contributed by atoms with van der Waals surface area (Å²) in [5, 5.41) is 12.2. The monoisotopic (exact) mass is 474 g/mol. The molecule has 0 unspecified atom stereocenters. The lowest BCUT2D eigenvalue weighted by molar-refractivity contribution is -0.113. The van der Waals surface area contributed by atoms with Crippen molar-refractivity contribution in [3.05, 3.63) is 95.3 Å². The molecule has 0 spiro atoms. The molecule has 0 saturated carbocycles. The molecule has 0 saturated heterocycles. The van der Waals surface area contributed by atoms with Gasteiger partial charge in [-0.3, -0.25) is 9.36 Å². The summed E-state index contributed by atoms with van der Waals surface area (Å²) in [5.74, 6) is 0.143. The first-order chi connectivity index (χ1) is 16.6. The van der Waals surface area contributed by atoms with Crippen molar-refractivity contribution in [2.24, 2.45) is 0 Å². The summed E-state index contributed by atoms with van der Waals surface area (Å²) in [6, 6.07) is 22.5. The number of benzene rings is 3. The molecule has 1 aromatic heterocycles. The number of carbonyl (C=O) groups is 1. The topological polar surface area (TPSA) is 59.8 Å². The minimum absolute atomic E-state index is 0.109. The maximum absolute atomic E-state index is 14.6. The second kappa shape index (κ2) is 11.1. The summed E-state index contributed by atoms with van der Waals surface area (Å²) >= 11 is 1.30. The van der Waals surface area contributed by atoms with Crippen molar-refractivity contribution in [1.29, 1.82) is 0 Å². The second-order valence-electron chi connectivity index (χ2n) is 7.85. The van der Waals surface area contributed by atoms with Crippen LogP contribution in [0.2, 0.25) is 0 Å². The van der Waals surface area contributed by atoms with Crippen LogP contribution in [-0.2, 0) is 24.2 Å². The van der Waals surface area contributed by atoms with Crippen LogP contribution in [0.1, 0.15) is 30.5 Å². The molecule has 4 rings (SSSR count). The van der Waals surface area contributed by atoms with E-state index in [1.54, 1.807) is 18.2 Å². The molecule has 1 heterocycles. The van der Waals surface area contributed by atoms with Crippen LogP contribution < -0.4 is 5.32 Å². The zero-order chi connectivity index (χ0) is 23.9. The zero-order valence-corrected chi connectivity index (χ0v) is 20.1. The first-order valence-corrected chi connectivity index (χ1v) is 12.3. The van der Waals surface area contributed by atoms with Crippen LogP contribution in [-0.4, -0.2) is 26.4 Å². The first-order valence-electron chi connectivity index (χ1n) is 11.4. The third-order valence-corrected chi connectivity index (χ3v) is 6.58. The van der Waals surface area contributed by atoms with Gasteiger partial charge in [0.2, 0.25) is 5.91 Å². The Kier molecular flexibility index (Phi) is 7.75. The fourth-order valence-corrected chi connectivity index (χ4v) is 4.59. The lowest BCUT2D eigenvalue weighted by Crippen LogP contribution is -2.17. The van der Waals surface area contributed by atoms with Crippen molar-refractivity contribution < 1.29 is 9.18 Å². The molecule has 7 heteroatoms. The summed E-state index contributed by atoms with van der Waals surface area (Å²) in [6.07, 6.45) is 1.68. The van der Waals surface area contributed by atoms with E-state index in [9.17, 15) is 9.18 Å². The summed E-state index contributed by atoms with van der Waals surface area (Å²) < 4.78 is 16.4. The molecule has 0 atom stereocenters. The van der Waals surface area contributed by atoms with Crippen molar-refractivity contribution in [2.45, 2.75) is 38.4 Å². The maximum atomic E-state index is 14.6. The molecule has 174 valence electrons. The quantitative estimate of drug-likeness (QED) is 0.303. The molecule has 1 amide bonds. The maximum Gasteiger partial charge on any atom is 0.234 e. The average molecular weight is 475 g/mol. The molecule has 1 N–H and O–H groups in total. The molecular formula is C27H27FN4OS. The lowest BCUT2D eigenvalue weighted by atomic mass is 10.0. The molecule has 4 aromatic rings. The van der Waals surface area contributed by atoms with E-state index in [1.165, 1.54) is 17.8 Å². The molecule has 0 fully saturated rings. The van der Waals surface area contributed by atoms with E-state index in [-0.39, 0.29) is 17.5 Å². The van der Waals surface area contributed by atoms with Crippen molar-refractivity contribution in [3.63, 3.8) is 0 Å². The number of para-hydroxylation sites is 1. The van der Waals surface area contributed by atoms with E-state index in [0.29, 0.717) is 23.1 Å². The molecule has 0 aliphatic rings. The number of aryl methyl sites for hydroxylation is 2. The highest BCUT2D eigenvalue weighted by atomic mass is 32.2. The van der Waals surface area contributed by atoms with Crippen molar-refractivity contribution in [1.82, 2.24) is 14.8 Å². The normalized spacial score (nSPS) is 10.9. The summed E-state index contributed by atoms with van der Waals surface area (Å²) in [4.78, 5) is 12.9. The highest BCUT2D eigenvalue weighted by molar-refractivity contribution is 7.99. The molecule has 0 aliphatic heterocycles. The van der Waals surface area contributed by atoms with E-state index >= 15 is 0 Å². The van der Waals surface area contributed by atoms with Crippen LogP contribution in [0.15, 0.2) is 78.0 Å². The van der Waals surface area contributed by atoms with E-state index in [1.807, 2.05) is 53.1 Å². The van der Waals surface area contributed by atoms with E-state index in [2.05, 4.69) is 29.4 Å². The number of hydrogen-bond acceptors (Lipinski definition) is 4. The minimum Gasteiger partial charge on any atom is -0.325 e. The Morgan fingerprint density at radius 2 is 1.59 bits per heavy atom. The van der Waals surface area contributed by atoms with E-state index in [4.69, 9.17) is 0 Å². The van der Waals surface area contributed by atoms with Gasteiger partial charge >= 0.3 is 0 Å². The fraction of sp³-hybridized carbons (Fsp3) is 0.222. The molecule has 3 aromatic carbocycles. The number of rotatable bonds is 9. The summed E-state index contributed by atoms with van der Waals surface area (Å²) in [7, 11) is 0. The summed E-state index contributed by atoms with van der Waals surface area (Å²) in [6.45, 7) is 4.63. The van der Waals surface area contributed by atoms with Crippen molar-refractivity contribution >= 4 is 23.4 Å². The number of hydrogen-bond donors (Lipinski definition) is 1. The van der Waals surface area contributed by atoms with Gasteiger partial charge in [-0.15, -0.1) is 10.2 Å². The van der Waals surface area contributed by atoms with E-state index < -0.39 is 0 Å². The van der Waals surface area contributed by atoms with Gasteiger partial charge in [0.15, 0.2) is 11.0 Å². The van der Waals surface area contributed by atoms with Crippen LogP contribution >= 0.6 is 11.8 Å². The van der Waals surface area contributed by atoms with Crippen LogP contribution in [0.3, 0.4) is 0 Å². The van der Waals surface area contributed by atoms with Crippen LogP contribution in [0.25, 0.3) is 11.4 Å². The Bertz CT molecular complexity index is 1250. The number of anilines is 1. The first kappa shape index (κ1) is 23.7. The Morgan fingerprint density at radius 3 is 2.26 bits per heavy atom. The number of nitrogens with one attached hydrogen (secondary N) is 1. The van der Waals surface area contributed by atoms with Crippen LogP contribution in [0.4, 0.5) is 10.1 Å². The Morgan fingerprint density at radius 1 is 0.912 bits per heavy atom. The van der Waals surface area contributed by atoms with Gasteiger partial charge in [0, 0.05) is 5.69 Å². The Labute approximate surface area is 203 Å². The van der Waals surface area contributed by atoms with Gasteiger partial charge in [-0.05, 0) is 41.7 Å². The van der Waals surface area contributed by atoms with E-state index in [0.717, 1.165) is 35.2 Å². The largest absolute Gasteiger partial charge is 0.325 e. The van der Waals surface area contributed by atoms with Gasteiger partial charge in [-0.2, -0.15) is 0 Å². The Balaban J connectivity index is 1.58. The Hall–Kier alpha value is -3.45. The molecular weight excluding hydrogens is 447 g/mol. The minimum atomic E-state index is -0.359. The van der Waals surface area contributed by atoms with Crippen LogP contribution in [0, 0.1) is 5.82 Å². The number of amides is 1. The SMILES string of the molecule is CCc1cccc(CC)c1NC(=O)CSc1nnc(-c2ccccc2F)n1Cc1ccccc1. The zero-order valence-electron chi connectivity index (χ0n) is 19.3. The van der Waals surface area contributed by atoms with Crippen molar-refractivity contribution in [2.75, 3.05) is 11.1 Å². The van der Waals surface area contributed by atoms with Gasteiger partial charge in [0.25, 0.3) is 0 Å². The highest BCUT2D eigenvalue weighted by Crippen LogP contribution is 2.28. The molecule has 34 heavy (non-hydrogen) atoms. The number of thioether (sulfide) groups is 1. The molecule has 0 aliphatic carbocycles. The van der Waals surface area contributed by atoms with Crippen molar-refractivity contribution in [3.8, 4) is 11.4 Å². The number of carbonyl (C=O) groups excluding carboxylic acids is 1. The summed E-state index contributed by atoms with van der Waals surface area (Å²) in [5.41, 5.74) is 4.55. The second-order valence-corrected chi connectivity index (χ2v) is 8.80. The lowest BCUT2D eigenvalue weighted by Gasteiger charge is -2.14. The standard InChI is InChI=1S/C27H27FN4OS/c1-3-20-13-10-14-21(4-2)25(20)29-24(33)18-34-27-31-30-26(22-15-8-9-16-23(22)28)32(27)17-19-11-6-5-7-12-19/h5-16H,3-4,17-18H2,1-2H3,(H,29,33). The smallest absolute Gasteiger partial charge is 0.234 e. The van der Waals surface area contributed by atoms with Gasteiger partial charge in [0.1, 0.15) is 5.82 Å². The third-order valence-electron chi connectivity index (χ3n) is 5.61. The molecule has 0 bridgehead atoms. The van der Waals surface area contributed by atoms with Gasteiger partial charge in [0.05, 0.1) is 17.9 Å². The van der Waals surface area contributed by atoms with Gasteiger partial charge < -0.3 is 5.32 Å². The fourth-order valence-electron chi connectivity index (χ4n) is 3.85. The van der Waals surface area contributed by atoms with Gasteiger partial charge in [-0.1, -0.05) is 86.3 Å². The number of aromatic nitrogens is 3. The van der Waals surface area contributed by atoms with Gasteiger partial charge in [-0.25, -0.2) is 4.39 Å². The molecule has 0 radical (unpaired) electrons. The number of nitrogens with zero attached hydrogens (tertiary/aromatic N) is 3. The predicted molar refractivity (Wildman–Crippen MR) is 136 cm³/mol. The van der Waals surface area contributed by atoms with Crippen LogP contribution in [0.5, 0.6) is 0 Å². The average Bonchev–Trinajstić information content (AvgIpc) is 3.25. The third kappa shape index (κ3) is 5.37.